The van der Waals surface area contributed by atoms with Gasteiger partial charge in [0.15, 0.2) is 0 Å². The Morgan fingerprint density at radius 1 is 0.967 bits per heavy atom. The van der Waals surface area contributed by atoms with Gasteiger partial charge in [0, 0.05) is 44.1 Å². The Morgan fingerprint density at radius 2 is 1.60 bits per heavy atom. The van der Waals surface area contributed by atoms with E-state index in [0.29, 0.717) is 38.4 Å². The summed E-state index contributed by atoms with van der Waals surface area (Å²) in [5.41, 5.74) is 3.54. The average molecular weight is 407 g/mol. The first-order chi connectivity index (χ1) is 14.5. The maximum absolute atomic E-state index is 12.7. The molecule has 3 aromatic rings. The van der Waals surface area contributed by atoms with Gasteiger partial charge < -0.3 is 14.3 Å². The maximum atomic E-state index is 12.7. The van der Waals surface area contributed by atoms with Gasteiger partial charge in [-0.1, -0.05) is 17.3 Å². The molecule has 0 N–H and O–H groups in total. The molecule has 2 aromatic heterocycles. The largest absolute Gasteiger partial charge is 0.361 e. The molecule has 0 atom stereocenters. The van der Waals surface area contributed by atoms with Crippen LogP contribution in [0.3, 0.4) is 0 Å². The van der Waals surface area contributed by atoms with Crippen LogP contribution in [0, 0.1) is 13.8 Å². The van der Waals surface area contributed by atoms with Crippen LogP contribution in [-0.4, -0.2) is 62.7 Å². The predicted octanol–water partition coefficient (Wildman–Crippen LogP) is 1.93. The molecule has 1 aliphatic rings. The number of hydrogen-bond donors (Lipinski definition) is 0. The van der Waals surface area contributed by atoms with E-state index in [9.17, 15) is 9.59 Å². The molecule has 1 aromatic carbocycles. The Kier molecular flexibility index (Phi) is 5.65. The van der Waals surface area contributed by atoms with Gasteiger partial charge in [0.1, 0.15) is 5.76 Å². The Morgan fingerprint density at radius 3 is 2.13 bits per heavy atom. The molecule has 1 fully saturated rings. The normalized spacial score (nSPS) is 14.2. The maximum Gasteiger partial charge on any atom is 0.227 e. The van der Waals surface area contributed by atoms with E-state index in [0.717, 1.165) is 22.5 Å². The molecule has 0 radical (unpaired) electrons. The standard InChI is InChI=1S/C22H25N5O3/c1-16-20(17(2)30-24-16)15-22(29)26-12-10-25(11-13-26)21(28)14-18-4-6-19(7-5-18)27-9-3-8-23-27/h3-9H,10-15H2,1-2H3. The number of piperazine rings is 1. The van der Waals surface area contributed by atoms with Crippen molar-refractivity contribution in [1.29, 1.82) is 0 Å². The number of aryl methyl sites for hydroxylation is 2. The predicted molar refractivity (Wildman–Crippen MR) is 110 cm³/mol. The molecule has 1 aliphatic heterocycles. The van der Waals surface area contributed by atoms with E-state index >= 15 is 0 Å². The fourth-order valence-corrected chi connectivity index (χ4v) is 3.70. The number of carbonyl (C=O) groups excluding carboxylic acids is 2. The van der Waals surface area contributed by atoms with E-state index in [-0.39, 0.29) is 18.2 Å². The third kappa shape index (κ3) is 4.27. The number of carbonyl (C=O) groups is 2. The number of nitrogens with zero attached hydrogens (tertiary/aromatic N) is 5. The fourth-order valence-electron chi connectivity index (χ4n) is 3.70. The lowest BCUT2D eigenvalue weighted by Gasteiger charge is -2.35. The Balaban J connectivity index is 1.28. The summed E-state index contributed by atoms with van der Waals surface area (Å²) < 4.78 is 6.92. The van der Waals surface area contributed by atoms with E-state index < -0.39 is 0 Å². The molecule has 0 unspecified atom stereocenters. The summed E-state index contributed by atoms with van der Waals surface area (Å²) in [4.78, 5) is 28.9. The molecule has 3 heterocycles. The zero-order valence-electron chi connectivity index (χ0n) is 17.2. The lowest BCUT2D eigenvalue weighted by molar-refractivity contribution is -0.138. The monoisotopic (exact) mass is 407 g/mol. The Hall–Kier alpha value is -3.42. The van der Waals surface area contributed by atoms with E-state index in [1.54, 1.807) is 10.9 Å². The van der Waals surface area contributed by atoms with Crippen molar-refractivity contribution in [2.24, 2.45) is 0 Å². The van der Waals surface area contributed by atoms with Crippen molar-refractivity contribution in [3.05, 3.63) is 65.3 Å². The Bertz CT molecular complexity index is 996. The zero-order chi connectivity index (χ0) is 21.1. The van der Waals surface area contributed by atoms with Crippen LogP contribution >= 0.6 is 0 Å². The highest BCUT2D eigenvalue weighted by molar-refractivity contribution is 5.81. The summed E-state index contributed by atoms with van der Waals surface area (Å²) in [7, 11) is 0. The first-order valence-electron chi connectivity index (χ1n) is 10.1. The van der Waals surface area contributed by atoms with Crippen LogP contribution < -0.4 is 0 Å². The number of hydrogen-bond acceptors (Lipinski definition) is 5. The summed E-state index contributed by atoms with van der Waals surface area (Å²) in [6, 6.07) is 9.70. The second-order valence-corrected chi connectivity index (χ2v) is 7.53. The van der Waals surface area contributed by atoms with Gasteiger partial charge in [-0.15, -0.1) is 0 Å². The molecular weight excluding hydrogens is 382 g/mol. The SMILES string of the molecule is Cc1noc(C)c1CC(=O)N1CCN(C(=O)Cc2ccc(-n3cccn3)cc2)CC1. The molecule has 0 bridgehead atoms. The van der Waals surface area contributed by atoms with Gasteiger partial charge in [-0.25, -0.2) is 4.68 Å². The Labute approximate surface area is 175 Å². The fraction of sp³-hybridized carbons (Fsp3) is 0.364. The molecule has 2 amide bonds. The third-order valence-electron chi connectivity index (χ3n) is 5.55. The van der Waals surface area contributed by atoms with Crippen molar-refractivity contribution in [3.8, 4) is 5.69 Å². The van der Waals surface area contributed by atoms with Crippen molar-refractivity contribution in [3.63, 3.8) is 0 Å². The highest BCUT2D eigenvalue weighted by atomic mass is 16.5. The summed E-state index contributed by atoms with van der Waals surface area (Å²) in [6.07, 6.45) is 4.26. The minimum Gasteiger partial charge on any atom is -0.361 e. The van der Waals surface area contributed by atoms with Crippen molar-refractivity contribution in [2.75, 3.05) is 26.2 Å². The molecule has 0 aliphatic carbocycles. The van der Waals surface area contributed by atoms with E-state index in [1.165, 1.54) is 0 Å². The first kappa shape index (κ1) is 19.9. The number of aromatic nitrogens is 3. The number of rotatable bonds is 5. The number of amides is 2. The molecule has 0 saturated carbocycles. The second-order valence-electron chi connectivity index (χ2n) is 7.53. The van der Waals surface area contributed by atoms with Crippen LogP contribution in [0.5, 0.6) is 0 Å². The van der Waals surface area contributed by atoms with Crippen molar-refractivity contribution in [1.82, 2.24) is 24.7 Å². The minimum absolute atomic E-state index is 0.0470. The number of benzene rings is 1. The molecule has 30 heavy (non-hydrogen) atoms. The van der Waals surface area contributed by atoms with Gasteiger partial charge in [0.05, 0.1) is 24.2 Å². The van der Waals surface area contributed by atoms with Crippen LogP contribution in [0.4, 0.5) is 0 Å². The van der Waals surface area contributed by atoms with Crippen LogP contribution in [0.15, 0.2) is 47.2 Å². The van der Waals surface area contributed by atoms with Gasteiger partial charge in [-0.05, 0) is 37.6 Å². The lowest BCUT2D eigenvalue weighted by Crippen LogP contribution is -2.51. The van der Waals surface area contributed by atoms with Crippen molar-refractivity contribution < 1.29 is 14.1 Å². The van der Waals surface area contributed by atoms with Gasteiger partial charge in [-0.3, -0.25) is 9.59 Å². The van der Waals surface area contributed by atoms with Crippen LogP contribution in [-0.2, 0) is 22.4 Å². The van der Waals surface area contributed by atoms with Crippen molar-refractivity contribution in [2.45, 2.75) is 26.7 Å². The minimum atomic E-state index is 0.0470. The third-order valence-corrected chi connectivity index (χ3v) is 5.55. The molecule has 8 heteroatoms. The second kappa shape index (κ2) is 8.52. The average Bonchev–Trinajstić information content (AvgIpc) is 3.40. The summed E-state index contributed by atoms with van der Waals surface area (Å²) in [5.74, 6) is 0.818. The lowest BCUT2D eigenvalue weighted by atomic mass is 10.1. The quantitative estimate of drug-likeness (QED) is 0.645. The summed E-state index contributed by atoms with van der Waals surface area (Å²) in [5, 5.41) is 8.11. The van der Waals surface area contributed by atoms with E-state index in [1.807, 2.05) is 60.2 Å². The molecular formula is C22H25N5O3. The van der Waals surface area contributed by atoms with Gasteiger partial charge >= 0.3 is 0 Å². The molecule has 156 valence electrons. The topological polar surface area (TPSA) is 84.5 Å². The zero-order valence-corrected chi connectivity index (χ0v) is 17.2. The molecule has 1 saturated heterocycles. The highest BCUT2D eigenvalue weighted by Gasteiger charge is 2.25. The van der Waals surface area contributed by atoms with Crippen LogP contribution in [0.1, 0.15) is 22.6 Å². The first-order valence-corrected chi connectivity index (χ1v) is 10.1. The highest BCUT2D eigenvalue weighted by Crippen LogP contribution is 2.16. The summed E-state index contributed by atoms with van der Waals surface area (Å²) in [6.45, 7) is 5.87. The molecule has 0 spiro atoms. The van der Waals surface area contributed by atoms with E-state index in [2.05, 4.69) is 10.3 Å². The van der Waals surface area contributed by atoms with Gasteiger partial charge in [0.2, 0.25) is 11.8 Å². The van der Waals surface area contributed by atoms with Gasteiger partial charge in [0.25, 0.3) is 0 Å². The van der Waals surface area contributed by atoms with Crippen LogP contribution in [0.25, 0.3) is 5.69 Å². The van der Waals surface area contributed by atoms with Crippen molar-refractivity contribution >= 4 is 11.8 Å². The molecule has 8 nitrogen and oxygen atoms in total. The molecule has 4 rings (SSSR count). The smallest absolute Gasteiger partial charge is 0.227 e. The van der Waals surface area contributed by atoms with Gasteiger partial charge in [-0.2, -0.15) is 5.10 Å². The summed E-state index contributed by atoms with van der Waals surface area (Å²) >= 11 is 0. The van der Waals surface area contributed by atoms with E-state index in [4.69, 9.17) is 4.52 Å². The van der Waals surface area contributed by atoms with Crippen LogP contribution in [0.2, 0.25) is 0 Å².